The molecule has 1 aliphatic heterocycles. The lowest BCUT2D eigenvalue weighted by Gasteiger charge is -2.20. The number of nitrogens with zero attached hydrogens (tertiary/aromatic N) is 1. The fourth-order valence-corrected chi connectivity index (χ4v) is 2.23. The molecule has 0 radical (unpaired) electrons. The average molecular weight is 262 g/mol. The molecule has 1 aromatic rings. The van der Waals surface area contributed by atoms with E-state index >= 15 is 0 Å². The van der Waals surface area contributed by atoms with E-state index in [4.69, 9.17) is 10.5 Å². The minimum absolute atomic E-state index is 0.119. The van der Waals surface area contributed by atoms with Crippen molar-refractivity contribution in [3.63, 3.8) is 0 Å². The smallest absolute Gasteiger partial charge is 0.229 e. The highest BCUT2D eigenvalue weighted by molar-refractivity contribution is 5.96. The first kappa shape index (κ1) is 13.4. The van der Waals surface area contributed by atoms with Gasteiger partial charge in [0.2, 0.25) is 11.8 Å². The molecule has 2 N–H and O–H groups in total. The lowest BCUT2D eigenvalue weighted by atomic mass is 10.1. The van der Waals surface area contributed by atoms with Crippen LogP contribution in [0.25, 0.3) is 0 Å². The summed E-state index contributed by atoms with van der Waals surface area (Å²) in [6.45, 7) is 0.228. The summed E-state index contributed by atoms with van der Waals surface area (Å²) in [5.41, 5.74) is 7.09. The van der Waals surface area contributed by atoms with Crippen molar-refractivity contribution in [2.75, 3.05) is 12.8 Å². The number of hydrogen-bond acceptors (Lipinski definition) is 4. The van der Waals surface area contributed by atoms with Crippen LogP contribution in [-0.2, 0) is 16.1 Å². The highest BCUT2D eigenvalue weighted by Gasteiger charge is 2.25. The molecule has 0 spiro atoms. The molecule has 1 aromatic carbocycles. The number of ether oxygens (including phenoxy) is 1. The van der Waals surface area contributed by atoms with Crippen LogP contribution in [0.1, 0.15) is 31.2 Å². The molecule has 1 aliphatic rings. The lowest BCUT2D eigenvalue weighted by Crippen LogP contribution is -2.34. The number of methoxy groups -OCH3 is 1. The van der Waals surface area contributed by atoms with Crippen molar-refractivity contribution in [3.05, 3.63) is 23.8 Å². The fourth-order valence-electron chi connectivity index (χ4n) is 2.23. The Bertz CT molecular complexity index is 481. The Morgan fingerprint density at radius 2 is 1.84 bits per heavy atom. The Labute approximate surface area is 112 Å². The number of carbonyl (C=O) groups is 2. The quantitative estimate of drug-likeness (QED) is 0.664. The van der Waals surface area contributed by atoms with Gasteiger partial charge in [-0.25, -0.2) is 0 Å². The summed E-state index contributed by atoms with van der Waals surface area (Å²) in [6.07, 6.45) is 2.40. The van der Waals surface area contributed by atoms with Gasteiger partial charge >= 0.3 is 0 Å². The molecule has 1 fully saturated rings. The molecule has 0 aliphatic carbocycles. The van der Waals surface area contributed by atoms with Crippen LogP contribution >= 0.6 is 0 Å². The molecule has 1 heterocycles. The molecule has 2 amide bonds. The average Bonchev–Trinajstić information content (AvgIpc) is 2.54. The van der Waals surface area contributed by atoms with Gasteiger partial charge in [-0.1, -0.05) is 0 Å². The van der Waals surface area contributed by atoms with Crippen molar-refractivity contribution < 1.29 is 14.3 Å². The van der Waals surface area contributed by atoms with Crippen LogP contribution < -0.4 is 10.5 Å². The predicted molar refractivity (Wildman–Crippen MR) is 71.4 cm³/mol. The van der Waals surface area contributed by atoms with Crippen LogP contribution in [0.2, 0.25) is 0 Å². The molecule has 19 heavy (non-hydrogen) atoms. The SMILES string of the molecule is COc1ccc(N)cc1CN1C(=O)CCCCC1=O. The first-order valence-electron chi connectivity index (χ1n) is 6.37. The van der Waals surface area contributed by atoms with E-state index in [1.165, 1.54) is 4.90 Å². The van der Waals surface area contributed by atoms with Gasteiger partial charge in [-0.2, -0.15) is 0 Å². The molecule has 0 unspecified atom stereocenters. The number of hydrogen-bond donors (Lipinski definition) is 1. The Morgan fingerprint density at radius 1 is 1.21 bits per heavy atom. The molecule has 102 valence electrons. The number of amides is 2. The summed E-state index contributed by atoms with van der Waals surface area (Å²) < 4.78 is 5.24. The third-order valence-corrected chi connectivity index (χ3v) is 3.27. The maximum Gasteiger partial charge on any atom is 0.229 e. The van der Waals surface area contributed by atoms with Crippen LogP contribution in [0.15, 0.2) is 18.2 Å². The summed E-state index contributed by atoms with van der Waals surface area (Å²) in [5, 5.41) is 0. The first-order valence-corrected chi connectivity index (χ1v) is 6.37. The van der Waals surface area contributed by atoms with E-state index in [1.54, 1.807) is 25.3 Å². The third kappa shape index (κ3) is 3.05. The maximum absolute atomic E-state index is 11.9. The van der Waals surface area contributed by atoms with Gasteiger partial charge in [0, 0.05) is 24.1 Å². The zero-order chi connectivity index (χ0) is 13.8. The third-order valence-electron chi connectivity index (χ3n) is 3.27. The van der Waals surface area contributed by atoms with Crippen molar-refractivity contribution >= 4 is 17.5 Å². The van der Waals surface area contributed by atoms with Gasteiger partial charge in [-0.15, -0.1) is 0 Å². The summed E-state index contributed by atoms with van der Waals surface area (Å²) in [6, 6.07) is 5.22. The van der Waals surface area contributed by atoms with Gasteiger partial charge in [0.25, 0.3) is 0 Å². The molecule has 5 heteroatoms. The highest BCUT2D eigenvalue weighted by Crippen LogP contribution is 2.24. The monoisotopic (exact) mass is 262 g/mol. The van der Waals surface area contributed by atoms with Gasteiger partial charge in [0.15, 0.2) is 0 Å². The van der Waals surface area contributed by atoms with E-state index in [0.717, 1.165) is 18.4 Å². The predicted octanol–water partition coefficient (Wildman–Crippen LogP) is 1.71. The largest absolute Gasteiger partial charge is 0.496 e. The summed E-state index contributed by atoms with van der Waals surface area (Å²) >= 11 is 0. The first-order chi connectivity index (χ1) is 9.11. The van der Waals surface area contributed by atoms with E-state index in [1.807, 2.05) is 0 Å². The van der Waals surface area contributed by atoms with E-state index < -0.39 is 0 Å². The Balaban J connectivity index is 2.25. The second-order valence-corrected chi connectivity index (χ2v) is 4.65. The van der Waals surface area contributed by atoms with Crippen LogP contribution in [0, 0.1) is 0 Å². The van der Waals surface area contributed by atoms with Crippen LogP contribution in [0.3, 0.4) is 0 Å². The summed E-state index contributed by atoms with van der Waals surface area (Å²) in [5.74, 6) is 0.401. The Kier molecular flexibility index (Phi) is 4.04. The van der Waals surface area contributed by atoms with Gasteiger partial charge in [0.1, 0.15) is 5.75 Å². The topological polar surface area (TPSA) is 72.6 Å². The number of nitrogen functional groups attached to an aromatic ring is 1. The standard InChI is InChI=1S/C14H18N2O3/c1-19-12-7-6-11(15)8-10(12)9-16-13(17)4-2-3-5-14(16)18/h6-8H,2-5,9,15H2,1H3. The van der Waals surface area contributed by atoms with Gasteiger partial charge < -0.3 is 10.5 Å². The molecule has 0 bridgehead atoms. The highest BCUT2D eigenvalue weighted by atomic mass is 16.5. The number of anilines is 1. The Hall–Kier alpha value is -2.04. The summed E-state index contributed by atoms with van der Waals surface area (Å²) in [4.78, 5) is 25.2. The number of likely N-dealkylation sites (tertiary alicyclic amines) is 1. The van der Waals surface area contributed by atoms with Crippen molar-refractivity contribution in [3.8, 4) is 5.75 Å². The van der Waals surface area contributed by atoms with E-state index in [-0.39, 0.29) is 18.4 Å². The molecule has 5 nitrogen and oxygen atoms in total. The number of imide groups is 1. The lowest BCUT2D eigenvalue weighted by molar-refractivity contribution is -0.144. The van der Waals surface area contributed by atoms with Gasteiger partial charge in [-0.05, 0) is 31.0 Å². The van der Waals surface area contributed by atoms with Gasteiger partial charge in [0.05, 0.1) is 13.7 Å². The molecule has 0 aromatic heterocycles. The van der Waals surface area contributed by atoms with E-state index in [9.17, 15) is 9.59 Å². The second kappa shape index (κ2) is 5.73. The van der Waals surface area contributed by atoms with E-state index in [0.29, 0.717) is 24.3 Å². The summed E-state index contributed by atoms with van der Waals surface area (Å²) in [7, 11) is 1.56. The minimum Gasteiger partial charge on any atom is -0.496 e. The molecular formula is C14H18N2O3. The number of carbonyl (C=O) groups excluding carboxylic acids is 2. The van der Waals surface area contributed by atoms with Crippen LogP contribution in [0.4, 0.5) is 5.69 Å². The van der Waals surface area contributed by atoms with Crippen molar-refractivity contribution in [1.29, 1.82) is 0 Å². The zero-order valence-electron chi connectivity index (χ0n) is 11.0. The molecule has 2 rings (SSSR count). The van der Waals surface area contributed by atoms with Crippen molar-refractivity contribution in [2.45, 2.75) is 32.2 Å². The number of nitrogens with two attached hydrogens (primary N) is 1. The second-order valence-electron chi connectivity index (χ2n) is 4.65. The van der Waals surface area contributed by atoms with Crippen LogP contribution in [-0.4, -0.2) is 23.8 Å². The van der Waals surface area contributed by atoms with Crippen molar-refractivity contribution in [1.82, 2.24) is 4.90 Å². The number of rotatable bonds is 3. The Morgan fingerprint density at radius 3 is 2.42 bits per heavy atom. The molecular weight excluding hydrogens is 244 g/mol. The maximum atomic E-state index is 11.9. The molecule has 0 saturated carbocycles. The van der Waals surface area contributed by atoms with Crippen LogP contribution in [0.5, 0.6) is 5.75 Å². The zero-order valence-corrected chi connectivity index (χ0v) is 11.0. The molecule has 0 atom stereocenters. The molecule has 1 saturated heterocycles. The van der Waals surface area contributed by atoms with Gasteiger partial charge in [-0.3, -0.25) is 14.5 Å². The minimum atomic E-state index is -0.119. The van der Waals surface area contributed by atoms with Crippen molar-refractivity contribution in [2.24, 2.45) is 0 Å². The van der Waals surface area contributed by atoms with E-state index in [2.05, 4.69) is 0 Å². The number of benzene rings is 1. The fraction of sp³-hybridized carbons (Fsp3) is 0.429. The normalized spacial score (nSPS) is 16.4.